The van der Waals surface area contributed by atoms with E-state index in [1.165, 1.54) is 5.39 Å². The fraction of sp³-hybridized carbons (Fsp3) is 0.286. The number of fused-ring (bicyclic) bond motifs is 1. The number of hydrogen-bond acceptors (Lipinski definition) is 2. The van der Waals surface area contributed by atoms with E-state index in [1.807, 2.05) is 30.3 Å². The molecule has 2 aromatic rings. The molecular weight excluding hydrogens is 219 g/mol. The van der Waals surface area contributed by atoms with Crippen LogP contribution < -0.4 is 4.74 Å². The maximum absolute atomic E-state index is 11.7. The van der Waals surface area contributed by atoms with Gasteiger partial charge in [0.2, 0.25) is 0 Å². The SMILES string of the molecule is FCOCCCOc1ccc2ccccc2c1. The molecule has 3 heteroatoms. The van der Waals surface area contributed by atoms with Gasteiger partial charge in [-0.2, -0.15) is 0 Å². The number of benzene rings is 2. The van der Waals surface area contributed by atoms with E-state index in [0.29, 0.717) is 19.6 Å². The molecule has 0 atom stereocenters. The summed E-state index contributed by atoms with van der Waals surface area (Å²) in [5.74, 6) is 0.837. The Morgan fingerprint density at radius 1 is 0.941 bits per heavy atom. The zero-order chi connectivity index (χ0) is 11.9. The van der Waals surface area contributed by atoms with Gasteiger partial charge in [0.05, 0.1) is 13.2 Å². The summed E-state index contributed by atoms with van der Waals surface area (Å²) >= 11 is 0. The second-order valence-electron chi connectivity index (χ2n) is 3.73. The molecule has 0 N–H and O–H groups in total. The van der Waals surface area contributed by atoms with Gasteiger partial charge in [0.15, 0.2) is 6.86 Å². The molecule has 0 aliphatic heterocycles. The van der Waals surface area contributed by atoms with Crippen LogP contribution in [-0.2, 0) is 4.74 Å². The van der Waals surface area contributed by atoms with Crippen molar-refractivity contribution in [2.75, 3.05) is 20.1 Å². The first-order chi connectivity index (χ1) is 8.40. The smallest absolute Gasteiger partial charge is 0.188 e. The maximum atomic E-state index is 11.7. The molecular formula is C14H15FO2. The molecule has 0 bridgehead atoms. The summed E-state index contributed by atoms with van der Waals surface area (Å²) in [6.07, 6.45) is 0.691. The molecule has 17 heavy (non-hydrogen) atoms. The van der Waals surface area contributed by atoms with E-state index in [4.69, 9.17) is 4.74 Å². The van der Waals surface area contributed by atoms with Crippen molar-refractivity contribution in [2.45, 2.75) is 6.42 Å². The van der Waals surface area contributed by atoms with E-state index in [1.54, 1.807) is 0 Å². The summed E-state index contributed by atoms with van der Waals surface area (Å²) in [5, 5.41) is 2.35. The Morgan fingerprint density at radius 2 is 1.76 bits per heavy atom. The number of hydrogen-bond donors (Lipinski definition) is 0. The van der Waals surface area contributed by atoms with Crippen molar-refractivity contribution in [2.24, 2.45) is 0 Å². The fourth-order valence-corrected chi connectivity index (χ4v) is 1.66. The Balaban J connectivity index is 1.90. The van der Waals surface area contributed by atoms with Crippen molar-refractivity contribution < 1.29 is 13.9 Å². The van der Waals surface area contributed by atoms with Crippen molar-refractivity contribution in [3.05, 3.63) is 42.5 Å². The highest BCUT2D eigenvalue weighted by Crippen LogP contribution is 2.20. The van der Waals surface area contributed by atoms with Gasteiger partial charge in [-0.15, -0.1) is 0 Å². The number of halogens is 1. The summed E-state index contributed by atoms with van der Waals surface area (Å²) in [6.45, 7) is 0.207. The number of alkyl halides is 1. The van der Waals surface area contributed by atoms with Crippen LogP contribution in [-0.4, -0.2) is 20.1 Å². The highest BCUT2D eigenvalue weighted by Gasteiger charge is 1.97. The van der Waals surface area contributed by atoms with Gasteiger partial charge in [0, 0.05) is 6.42 Å². The molecule has 0 amide bonds. The Bertz CT molecular complexity index is 470. The van der Waals surface area contributed by atoms with Crippen LogP contribution in [0.5, 0.6) is 5.75 Å². The largest absolute Gasteiger partial charge is 0.493 e. The molecule has 0 aliphatic rings. The molecule has 0 aliphatic carbocycles. The molecule has 0 radical (unpaired) electrons. The number of rotatable bonds is 6. The summed E-state index contributed by atoms with van der Waals surface area (Å²) < 4.78 is 21.8. The highest BCUT2D eigenvalue weighted by molar-refractivity contribution is 5.83. The van der Waals surface area contributed by atoms with Crippen molar-refractivity contribution in [3.63, 3.8) is 0 Å². The van der Waals surface area contributed by atoms with E-state index in [9.17, 15) is 4.39 Å². The normalized spacial score (nSPS) is 10.6. The van der Waals surface area contributed by atoms with Crippen LogP contribution in [0, 0.1) is 0 Å². The zero-order valence-electron chi connectivity index (χ0n) is 9.56. The van der Waals surface area contributed by atoms with Gasteiger partial charge < -0.3 is 9.47 Å². The van der Waals surface area contributed by atoms with Crippen molar-refractivity contribution in [1.29, 1.82) is 0 Å². The van der Waals surface area contributed by atoms with Crippen molar-refractivity contribution in [3.8, 4) is 5.75 Å². The highest BCUT2D eigenvalue weighted by atomic mass is 19.1. The molecule has 0 spiro atoms. The minimum absolute atomic E-state index is 0.393. The quantitative estimate of drug-likeness (QED) is 0.711. The molecule has 2 rings (SSSR count). The van der Waals surface area contributed by atoms with Crippen LogP contribution >= 0.6 is 0 Å². The predicted octanol–water partition coefficient (Wildman–Crippen LogP) is 3.55. The van der Waals surface area contributed by atoms with Crippen molar-refractivity contribution >= 4 is 10.8 Å². The van der Waals surface area contributed by atoms with E-state index in [0.717, 1.165) is 11.1 Å². The monoisotopic (exact) mass is 234 g/mol. The minimum Gasteiger partial charge on any atom is -0.493 e. The van der Waals surface area contributed by atoms with Gasteiger partial charge in [0.25, 0.3) is 0 Å². The summed E-state index contributed by atoms with van der Waals surface area (Å²) in [5.41, 5.74) is 0. The maximum Gasteiger partial charge on any atom is 0.188 e. The average molecular weight is 234 g/mol. The van der Waals surface area contributed by atoms with Gasteiger partial charge in [-0.1, -0.05) is 30.3 Å². The van der Waals surface area contributed by atoms with E-state index >= 15 is 0 Å². The molecule has 2 aromatic carbocycles. The summed E-state index contributed by atoms with van der Waals surface area (Å²) in [6, 6.07) is 14.1. The Morgan fingerprint density at radius 3 is 2.59 bits per heavy atom. The molecule has 0 fully saturated rings. The third-order valence-electron chi connectivity index (χ3n) is 2.50. The van der Waals surface area contributed by atoms with Gasteiger partial charge in [0.1, 0.15) is 5.75 Å². The minimum atomic E-state index is -0.726. The van der Waals surface area contributed by atoms with E-state index in [-0.39, 0.29) is 0 Å². The van der Waals surface area contributed by atoms with Crippen molar-refractivity contribution in [1.82, 2.24) is 0 Å². The summed E-state index contributed by atoms with van der Waals surface area (Å²) in [7, 11) is 0. The van der Waals surface area contributed by atoms with Crippen LogP contribution in [0.2, 0.25) is 0 Å². The van der Waals surface area contributed by atoms with Gasteiger partial charge >= 0.3 is 0 Å². The Hall–Kier alpha value is -1.61. The fourth-order valence-electron chi connectivity index (χ4n) is 1.66. The number of ether oxygens (including phenoxy) is 2. The molecule has 0 aromatic heterocycles. The molecule has 0 saturated carbocycles. The second kappa shape index (κ2) is 6.21. The Labute approximate surface area is 100.0 Å². The molecule has 90 valence electrons. The third kappa shape index (κ3) is 3.43. The van der Waals surface area contributed by atoms with Gasteiger partial charge in [-0.05, 0) is 22.9 Å². The van der Waals surface area contributed by atoms with Gasteiger partial charge in [-0.3, -0.25) is 0 Å². The summed E-state index contributed by atoms with van der Waals surface area (Å²) in [4.78, 5) is 0. The molecule has 0 heterocycles. The van der Waals surface area contributed by atoms with Gasteiger partial charge in [-0.25, -0.2) is 4.39 Å². The lowest BCUT2D eigenvalue weighted by Crippen LogP contribution is -2.02. The van der Waals surface area contributed by atoms with Crippen LogP contribution in [0.1, 0.15) is 6.42 Å². The second-order valence-corrected chi connectivity index (χ2v) is 3.73. The topological polar surface area (TPSA) is 18.5 Å². The Kier molecular flexibility index (Phi) is 4.33. The van der Waals surface area contributed by atoms with Crippen LogP contribution in [0.25, 0.3) is 10.8 Å². The average Bonchev–Trinajstić information content (AvgIpc) is 2.38. The van der Waals surface area contributed by atoms with E-state index < -0.39 is 6.86 Å². The van der Waals surface area contributed by atoms with Crippen LogP contribution in [0.15, 0.2) is 42.5 Å². The molecule has 0 saturated heterocycles. The van der Waals surface area contributed by atoms with Crippen LogP contribution in [0.4, 0.5) is 4.39 Å². The zero-order valence-corrected chi connectivity index (χ0v) is 9.56. The first kappa shape index (κ1) is 11.9. The third-order valence-corrected chi connectivity index (χ3v) is 2.50. The standard InChI is InChI=1S/C14H15FO2/c15-11-16-8-3-9-17-14-7-6-12-4-1-2-5-13(12)10-14/h1-2,4-7,10H,3,8-9,11H2. The molecule has 2 nitrogen and oxygen atoms in total. The first-order valence-corrected chi connectivity index (χ1v) is 5.65. The predicted molar refractivity (Wildman–Crippen MR) is 66.0 cm³/mol. The first-order valence-electron chi connectivity index (χ1n) is 5.65. The lowest BCUT2D eigenvalue weighted by atomic mass is 10.1. The lowest BCUT2D eigenvalue weighted by Gasteiger charge is -2.07. The van der Waals surface area contributed by atoms with Crippen LogP contribution in [0.3, 0.4) is 0 Å². The lowest BCUT2D eigenvalue weighted by molar-refractivity contribution is 0.0507. The van der Waals surface area contributed by atoms with E-state index in [2.05, 4.69) is 16.9 Å². The molecule has 0 unspecified atom stereocenters.